The molecular weight excluding hydrogens is 298 g/mol. The number of thioether (sulfide) groups is 1. The summed E-state index contributed by atoms with van der Waals surface area (Å²) in [6, 6.07) is 5.96. The monoisotopic (exact) mass is 315 g/mol. The molecule has 1 atom stereocenters. The second-order valence-electron chi connectivity index (χ2n) is 4.31. The molecule has 0 saturated carbocycles. The first-order chi connectivity index (χ1) is 9.53. The van der Waals surface area contributed by atoms with Gasteiger partial charge in [0.25, 0.3) is 0 Å². The van der Waals surface area contributed by atoms with Crippen LogP contribution >= 0.6 is 11.8 Å². The predicted octanol–water partition coefficient (Wildman–Crippen LogP) is 0.238. The second-order valence-corrected chi connectivity index (χ2v) is 7.34. The number of hydrogen-bond acceptors (Lipinski definition) is 5. The highest BCUT2D eigenvalue weighted by Crippen LogP contribution is 2.16. The van der Waals surface area contributed by atoms with Crippen molar-refractivity contribution in [3.63, 3.8) is 0 Å². The van der Waals surface area contributed by atoms with Gasteiger partial charge in [-0.1, -0.05) is 6.07 Å². The highest BCUT2D eigenvalue weighted by molar-refractivity contribution is 7.99. The third-order valence-corrected chi connectivity index (χ3v) is 5.39. The molecule has 8 heteroatoms. The van der Waals surface area contributed by atoms with Gasteiger partial charge in [-0.05, 0) is 25.2 Å². The lowest BCUT2D eigenvalue weighted by molar-refractivity contribution is -0.117. The zero-order valence-electron chi connectivity index (χ0n) is 11.0. The van der Waals surface area contributed by atoms with Crippen molar-refractivity contribution >= 4 is 33.4 Å². The standard InChI is InChI=1S/C12H17N3O3S2/c1-13-20(17,18)10-4-2-3-9(7-10)15-12(16)11-8-19-6-5-14-11/h2-4,7,11,13-14H,5-6,8H2,1H3,(H,15,16). The number of nitrogens with one attached hydrogen (secondary N) is 3. The summed E-state index contributed by atoms with van der Waals surface area (Å²) < 4.78 is 25.6. The maximum Gasteiger partial charge on any atom is 0.242 e. The van der Waals surface area contributed by atoms with E-state index in [-0.39, 0.29) is 16.8 Å². The molecule has 0 aromatic heterocycles. The Morgan fingerprint density at radius 2 is 2.25 bits per heavy atom. The number of rotatable bonds is 4. The van der Waals surface area contributed by atoms with Gasteiger partial charge in [-0.25, -0.2) is 13.1 Å². The van der Waals surface area contributed by atoms with Crippen LogP contribution in [-0.2, 0) is 14.8 Å². The highest BCUT2D eigenvalue weighted by Gasteiger charge is 2.21. The minimum absolute atomic E-state index is 0.128. The van der Waals surface area contributed by atoms with Crippen LogP contribution < -0.4 is 15.4 Å². The highest BCUT2D eigenvalue weighted by atomic mass is 32.2. The summed E-state index contributed by atoms with van der Waals surface area (Å²) in [5.74, 6) is 1.58. The van der Waals surface area contributed by atoms with Crippen molar-refractivity contribution in [2.24, 2.45) is 0 Å². The van der Waals surface area contributed by atoms with Gasteiger partial charge < -0.3 is 10.6 Å². The maximum absolute atomic E-state index is 12.0. The van der Waals surface area contributed by atoms with Gasteiger partial charge in [-0.2, -0.15) is 11.8 Å². The quantitative estimate of drug-likeness (QED) is 0.741. The van der Waals surface area contributed by atoms with Crippen molar-refractivity contribution in [3.05, 3.63) is 24.3 Å². The van der Waals surface area contributed by atoms with Crippen molar-refractivity contribution < 1.29 is 13.2 Å². The van der Waals surface area contributed by atoms with Crippen LogP contribution in [0.4, 0.5) is 5.69 Å². The zero-order chi connectivity index (χ0) is 14.6. The smallest absolute Gasteiger partial charge is 0.242 e. The fourth-order valence-corrected chi connectivity index (χ4v) is 3.53. The first-order valence-corrected chi connectivity index (χ1v) is 8.82. The molecule has 20 heavy (non-hydrogen) atoms. The van der Waals surface area contributed by atoms with E-state index in [4.69, 9.17) is 0 Å². The minimum atomic E-state index is -3.50. The molecule has 1 saturated heterocycles. The minimum Gasteiger partial charge on any atom is -0.325 e. The molecule has 110 valence electrons. The van der Waals surface area contributed by atoms with Crippen LogP contribution in [0.3, 0.4) is 0 Å². The molecule has 1 aliphatic heterocycles. The molecule has 1 aromatic rings. The Bertz CT molecular complexity index is 583. The summed E-state index contributed by atoms with van der Waals surface area (Å²) in [5, 5.41) is 5.87. The summed E-state index contributed by atoms with van der Waals surface area (Å²) in [7, 11) is -2.15. The Morgan fingerprint density at radius 3 is 2.90 bits per heavy atom. The number of amides is 1. The van der Waals surface area contributed by atoms with E-state index in [9.17, 15) is 13.2 Å². The van der Waals surface area contributed by atoms with E-state index in [0.717, 1.165) is 18.1 Å². The summed E-state index contributed by atoms with van der Waals surface area (Å²) in [5.41, 5.74) is 0.476. The molecule has 3 N–H and O–H groups in total. The molecule has 2 rings (SSSR count). The molecular formula is C12H17N3O3S2. The molecule has 1 aliphatic rings. The number of carbonyl (C=O) groups is 1. The molecule has 0 aliphatic carbocycles. The number of benzene rings is 1. The average Bonchev–Trinajstić information content (AvgIpc) is 2.48. The Morgan fingerprint density at radius 1 is 1.45 bits per heavy atom. The van der Waals surface area contributed by atoms with Gasteiger partial charge in [0.1, 0.15) is 0 Å². The maximum atomic E-state index is 12.0. The Labute approximate surface area is 122 Å². The van der Waals surface area contributed by atoms with Crippen molar-refractivity contribution in [2.75, 3.05) is 30.4 Å². The molecule has 1 unspecified atom stereocenters. The van der Waals surface area contributed by atoms with Gasteiger partial charge in [0, 0.05) is 23.7 Å². The molecule has 1 fully saturated rings. The fraction of sp³-hybridized carbons (Fsp3) is 0.417. The number of hydrogen-bond donors (Lipinski definition) is 3. The SMILES string of the molecule is CNS(=O)(=O)c1cccc(NC(=O)C2CSCCN2)c1. The summed E-state index contributed by atoms with van der Waals surface area (Å²) in [4.78, 5) is 12.2. The van der Waals surface area contributed by atoms with E-state index < -0.39 is 10.0 Å². The van der Waals surface area contributed by atoms with Crippen LogP contribution in [0.1, 0.15) is 0 Å². The van der Waals surface area contributed by atoms with Crippen molar-refractivity contribution in [1.82, 2.24) is 10.0 Å². The third kappa shape index (κ3) is 3.72. The van der Waals surface area contributed by atoms with E-state index >= 15 is 0 Å². The molecule has 6 nitrogen and oxygen atoms in total. The lowest BCUT2D eigenvalue weighted by Gasteiger charge is -2.22. The van der Waals surface area contributed by atoms with Crippen LogP contribution in [0.2, 0.25) is 0 Å². The Hall–Kier alpha value is -1.09. The number of sulfonamides is 1. The van der Waals surface area contributed by atoms with E-state index in [1.165, 1.54) is 19.2 Å². The fourth-order valence-electron chi connectivity index (χ4n) is 1.82. The van der Waals surface area contributed by atoms with Gasteiger partial charge in [0.15, 0.2) is 0 Å². The largest absolute Gasteiger partial charge is 0.325 e. The third-order valence-electron chi connectivity index (χ3n) is 2.92. The van der Waals surface area contributed by atoms with Crippen molar-refractivity contribution in [1.29, 1.82) is 0 Å². The van der Waals surface area contributed by atoms with Crippen LogP contribution in [0.5, 0.6) is 0 Å². The first kappa shape index (κ1) is 15.3. The molecule has 1 amide bonds. The number of carbonyl (C=O) groups excluding carboxylic acids is 1. The second kappa shape index (κ2) is 6.57. The van der Waals surface area contributed by atoms with Crippen LogP contribution in [0.15, 0.2) is 29.2 Å². The van der Waals surface area contributed by atoms with Crippen LogP contribution in [0.25, 0.3) is 0 Å². The Kier molecular flexibility index (Phi) is 5.03. The normalized spacial score (nSPS) is 19.6. The predicted molar refractivity (Wildman–Crippen MR) is 80.4 cm³/mol. The van der Waals surface area contributed by atoms with Gasteiger partial charge in [0.05, 0.1) is 10.9 Å². The molecule has 0 spiro atoms. The zero-order valence-corrected chi connectivity index (χ0v) is 12.7. The molecule has 0 bridgehead atoms. The first-order valence-electron chi connectivity index (χ1n) is 6.18. The van der Waals surface area contributed by atoms with Crippen molar-refractivity contribution in [3.8, 4) is 0 Å². The van der Waals surface area contributed by atoms with E-state index in [1.54, 1.807) is 23.9 Å². The van der Waals surface area contributed by atoms with Gasteiger partial charge >= 0.3 is 0 Å². The molecule has 1 aromatic carbocycles. The lowest BCUT2D eigenvalue weighted by atomic mass is 10.2. The molecule has 1 heterocycles. The summed E-state index contributed by atoms with van der Waals surface area (Å²) >= 11 is 1.72. The topological polar surface area (TPSA) is 87.3 Å². The summed E-state index contributed by atoms with van der Waals surface area (Å²) in [6.45, 7) is 0.803. The van der Waals surface area contributed by atoms with E-state index in [2.05, 4.69) is 15.4 Å². The average molecular weight is 315 g/mol. The Balaban J connectivity index is 2.10. The van der Waals surface area contributed by atoms with Gasteiger partial charge in [-0.15, -0.1) is 0 Å². The lowest BCUT2D eigenvalue weighted by Crippen LogP contribution is -2.46. The molecule has 0 radical (unpaired) electrons. The van der Waals surface area contributed by atoms with E-state index in [1.807, 2.05) is 0 Å². The van der Waals surface area contributed by atoms with Gasteiger partial charge in [0.2, 0.25) is 15.9 Å². The van der Waals surface area contributed by atoms with Crippen LogP contribution in [-0.4, -0.2) is 45.5 Å². The summed E-state index contributed by atoms with van der Waals surface area (Å²) in [6.07, 6.45) is 0. The van der Waals surface area contributed by atoms with Crippen LogP contribution in [0, 0.1) is 0 Å². The van der Waals surface area contributed by atoms with Crippen molar-refractivity contribution in [2.45, 2.75) is 10.9 Å². The van der Waals surface area contributed by atoms with E-state index in [0.29, 0.717) is 5.69 Å². The van der Waals surface area contributed by atoms with Gasteiger partial charge in [-0.3, -0.25) is 4.79 Å². The number of anilines is 1.